The Morgan fingerprint density at radius 3 is 2.29 bits per heavy atom. The van der Waals surface area contributed by atoms with Gasteiger partial charge in [-0.3, -0.25) is 9.00 Å². The van der Waals surface area contributed by atoms with Crippen LogP contribution in [0.25, 0.3) is 0 Å². The lowest BCUT2D eigenvalue weighted by Gasteiger charge is -2.35. The van der Waals surface area contributed by atoms with Gasteiger partial charge in [-0.1, -0.05) is 13.8 Å². The minimum absolute atomic E-state index is 0.0638. The fraction of sp³-hybridized carbons (Fsp3) is 0.611. The Balaban J connectivity index is 1.74. The maximum absolute atomic E-state index is 12.2. The molecule has 6 heteroatoms. The Bertz CT molecular complexity index is 554. The Hall–Kier alpha value is -1.24. The monoisotopic (exact) mass is 351 g/mol. The third kappa shape index (κ3) is 5.69. The van der Waals surface area contributed by atoms with E-state index in [1.165, 1.54) is 0 Å². The number of amides is 1. The van der Waals surface area contributed by atoms with Crippen molar-refractivity contribution in [2.45, 2.75) is 18.7 Å². The number of hydrogen-bond donors (Lipinski definition) is 1. The van der Waals surface area contributed by atoms with Gasteiger partial charge in [-0.2, -0.15) is 0 Å². The highest BCUT2D eigenvalue weighted by Crippen LogP contribution is 2.08. The minimum Gasteiger partial charge on any atom is -0.352 e. The van der Waals surface area contributed by atoms with Crippen LogP contribution in [0.1, 0.15) is 24.2 Å². The van der Waals surface area contributed by atoms with Crippen molar-refractivity contribution in [1.29, 1.82) is 0 Å². The second kappa shape index (κ2) is 9.30. The average Bonchev–Trinajstić information content (AvgIpc) is 2.60. The fourth-order valence-corrected chi connectivity index (χ4v) is 3.48. The van der Waals surface area contributed by atoms with Crippen molar-refractivity contribution >= 4 is 16.7 Å². The largest absolute Gasteiger partial charge is 0.352 e. The Labute approximate surface area is 147 Å². The highest BCUT2D eigenvalue weighted by Gasteiger charge is 2.17. The third-order valence-corrected chi connectivity index (χ3v) is 5.48. The number of hydrogen-bond acceptors (Lipinski definition) is 4. The molecule has 1 aliphatic rings. The first-order valence-corrected chi connectivity index (χ1v) is 10.2. The molecule has 1 N–H and O–H groups in total. The molecule has 0 aromatic heterocycles. The number of nitrogens with one attached hydrogen (secondary N) is 1. The summed E-state index contributed by atoms with van der Waals surface area (Å²) in [6.45, 7) is 11.7. The summed E-state index contributed by atoms with van der Waals surface area (Å²) in [5, 5.41) is 3.01. The average molecular weight is 352 g/mol. The second-order valence-electron chi connectivity index (χ2n) is 6.53. The summed E-state index contributed by atoms with van der Waals surface area (Å²) in [6.07, 6.45) is 1.64. The molecule has 1 aromatic rings. The molecule has 1 amide bonds. The van der Waals surface area contributed by atoms with Crippen LogP contribution in [0.15, 0.2) is 29.2 Å². The second-order valence-corrected chi connectivity index (χ2v) is 7.91. The summed E-state index contributed by atoms with van der Waals surface area (Å²) >= 11 is 0. The van der Waals surface area contributed by atoms with Gasteiger partial charge in [-0.05, 0) is 36.7 Å². The predicted molar refractivity (Wildman–Crippen MR) is 98.8 cm³/mol. The van der Waals surface area contributed by atoms with Gasteiger partial charge in [0.2, 0.25) is 0 Å². The number of carbonyl (C=O) groups excluding carboxylic acids is 1. The zero-order valence-corrected chi connectivity index (χ0v) is 15.8. The van der Waals surface area contributed by atoms with E-state index in [1.807, 2.05) is 0 Å². The normalized spacial score (nSPS) is 19.0. The molecule has 1 fully saturated rings. The van der Waals surface area contributed by atoms with Crippen molar-refractivity contribution in [3.8, 4) is 0 Å². The zero-order valence-electron chi connectivity index (χ0n) is 15.0. The maximum atomic E-state index is 12.2. The molecule has 2 rings (SSSR count). The van der Waals surface area contributed by atoms with Crippen molar-refractivity contribution < 1.29 is 9.00 Å². The molecule has 1 aliphatic heterocycles. The quantitative estimate of drug-likeness (QED) is 0.807. The molecule has 0 radical (unpaired) electrons. The van der Waals surface area contributed by atoms with Gasteiger partial charge in [0.1, 0.15) is 0 Å². The molecule has 0 aliphatic carbocycles. The minimum atomic E-state index is -1.01. The van der Waals surface area contributed by atoms with Crippen LogP contribution in [0.4, 0.5) is 0 Å². The lowest BCUT2D eigenvalue weighted by molar-refractivity contribution is 0.0933. The van der Waals surface area contributed by atoms with Crippen molar-refractivity contribution in [2.24, 2.45) is 5.92 Å². The molecule has 1 saturated heterocycles. The number of benzene rings is 1. The van der Waals surface area contributed by atoms with E-state index >= 15 is 0 Å². The smallest absolute Gasteiger partial charge is 0.251 e. The van der Waals surface area contributed by atoms with E-state index in [1.54, 1.807) is 30.5 Å². The molecule has 0 saturated carbocycles. The fourth-order valence-electron chi connectivity index (χ4n) is 2.96. The van der Waals surface area contributed by atoms with Crippen LogP contribution >= 0.6 is 0 Å². The number of rotatable bonds is 7. The molecule has 1 heterocycles. The van der Waals surface area contributed by atoms with E-state index in [9.17, 15) is 9.00 Å². The Morgan fingerprint density at radius 1 is 1.17 bits per heavy atom. The molecule has 0 spiro atoms. The zero-order chi connectivity index (χ0) is 17.5. The summed E-state index contributed by atoms with van der Waals surface area (Å²) in [6, 6.07) is 6.98. The topological polar surface area (TPSA) is 52.6 Å². The van der Waals surface area contributed by atoms with Crippen molar-refractivity contribution in [3.05, 3.63) is 29.8 Å². The molecule has 24 heavy (non-hydrogen) atoms. The van der Waals surface area contributed by atoms with Crippen LogP contribution in [0.3, 0.4) is 0 Å². The van der Waals surface area contributed by atoms with Gasteiger partial charge in [0.05, 0.1) is 0 Å². The van der Waals surface area contributed by atoms with Crippen molar-refractivity contribution in [2.75, 3.05) is 52.1 Å². The summed E-state index contributed by atoms with van der Waals surface area (Å²) < 4.78 is 11.4. The van der Waals surface area contributed by atoms with E-state index in [-0.39, 0.29) is 5.91 Å². The van der Waals surface area contributed by atoms with Crippen LogP contribution in [-0.4, -0.2) is 72.0 Å². The SMILES string of the molecule is CCN1CCN(CC(C)CNC(=O)c2ccc(S(C)=O)cc2)CC1. The molecule has 134 valence electrons. The van der Waals surface area contributed by atoms with Crippen molar-refractivity contribution in [3.63, 3.8) is 0 Å². The third-order valence-electron chi connectivity index (χ3n) is 4.54. The van der Waals surface area contributed by atoms with Gasteiger partial charge < -0.3 is 15.1 Å². The lowest BCUT2D eigenvalue weighted by Crippen LogP contribution is -2.48. The van der Waals surface area contributed by atoms with Crippen LogP contribution in [0.2, 0.25) is 0 Å². The first-order valence-electron chi connectivity index (χ1n) is 8.66. The summed E-state index contributed by atoms with van der Waals surface area (Å²) in [7, 11) is -1.01. The van der Waals surface area contributed by atoms with E-state index in [2.05, 4.69) is 29.0 Å². The molecular formula is C18H29N3O2S. The van der Waals surface area contributed by atoms with Gasteiger partial charge in [-0.25, -0.2) is 0 Å². The standard InChI is InChI=1S/C18H29N3O2S/c1-4-20-9-11-21(12-10-20)14-15(2)13-19-18(22)16-5-7-17(8-6-16)24(3)23/h5-8,15H,4,9-14H2,1-3H3,(H,19,22). The Morgan fingerprint density at radius 2 is 1.75 bits per heavy atom. The predicted octanol–water partition coefficient (Wildman–Crippen LogP) is 1.43. The molecule has 2 unspecified atom stereocenters. The van der Waals surface area contributed by atoms with Crippen LogP contribution in [0, 0.1) is 5.92 Å². The van der Waals surface area contributed by atoms with Gasteiger partial charge in [0.25, 0.3) is 5.91 Å². The number of nitrogens with zero attached hydrogens (tertiary/aromatic N) is 2. The first-order chi connectivity index (χ1) is 11.5. The lowest BCUT2D eigenvalue weighted by atomic mass is 10.1. The summed E-state index contributed by atoms with van der Waals surface area (Å²) in [4.78, 5) is 17.9. The van der Waals surface area contributed by atoms with Crippen LogP contribution < -0.4 is 5.32 Å². The highest BCUT2D eigenvalue weighted by atomic mass is 32.2. The number of piperazine rings is 1. The molecule has 1 aromatic carbocycles. The highest BCUT2D eigenvalue weighted by molar-refractivity contribution is 7.84. The summed E-state index contributed by atoms with van der Waals surface area (Å²) in [5.74, 6) is 0.357. The molecule has 5 nitrogen and oxygen atoms in total. The number of carbonyl (C=O) groups is 1. The number of likely N-dealkylation sites (N-methyl/N-ethyl adjacent to an activating group) is 1. The van der Waals surface area contributed by atoms with Crippen LogP contribution in [0.5, 0.6) is 0 Å². The molecule has 0 bridgehead atoms. The molecule has 2 atom stereocenters. The van der Waals surface area contributed by atoms with Gasteiger partial charge >= 0.3 is 0 Å². The van der Waals surface area contributed by atoms with Gasteiger partial charge in [-0.15, -0.1) is 0 Å². The van der Waals surface area contributed by atoms with E-state index in [0.717, 1.165) is 44.2 Å². The molecular weight excluding hydrogens is 322 g/mol. The first kappa shape index (κ1) is 19.1. The van der Waals surface area contributed by atoms with Crippen LogP contribution in [-0.2, 0) is 10.8 Å². The van der Waals surface area contributed by atoms with Gasteiger partial charge in [0.15, 0.2) is 0 Å². The Kier molecular flexibility index (Phi) is 7.40. The van der Waals surface area contributed by atoms with Crippen molar-refractivity contribution in [1.82, 2.24) is 15.1 Å². The van der Waals surface area contributed by atoms with E-state index in [0.29, 0.717) is 18.0 Å². The summed E-state index contributed by atoms with van der Waals surface area (Å²) in [5.41, 5.74) is 0.618. The van der Waals surface area contributed by atoms with E-state index < -0.39 is 10.8 Å². The van der Waals surface area contributed by atoms with Gasteiger partial charge in [0, 0.05) is 66.8 Å². The van der Waals surface area contributed by atoms with E-state index in [4.69, 9.17) is 0 Å². The maximum Gasteiger partial charge on any atom is 0.251 e.